The number of aryl methyl sites for hydroxylation is 2. The van der Waals surface area contributed by atoms with Crippen molar-refractivity contribution in [1.82, 2.24) is 9.55 Å². The van der Waals surface area contributed by atoms with Gasteiger partial charge in [-0.15, -0.1) is 11.8 Å². The zero-order valence-electron chi connectivity index (χ0n) is 9.77. The van der Waals surface area contributed by atoms with Crippen LogP contribution in [-0.4, -0.2) is 26.5 Å². The van der Waals surface area contributed by atoms with Gasteiger partial charge in [-0.1, -0.05) is 6.92 Å². The van der Waals surface area contributed by atoms with Crippen molar-refractivity contribution in [3.63, 3.8) is 0 Å². The minimum absolute atomic E-state index is 0.198. The monoisotopic (exact) mass is 236 g/mol. The highest BCUT2D eigenvalue weighted by atomic mass is 32.2. The van der Waals surface area contributed by atoms with E-state index in [9.17, 15) is 0 Å². The molecule has 0 aliphatic carbocycles. The zero-order chi connectivity index (χ0) is 11.7. The molecule has 3 nitrogen and oxygen atoms in total. The Balaban J connectivity index is 2.37. The van der Waals surface area contributed by atoms with Crippen molar-refractivity contribution < 1.29 is 5.11 Å². The highest BCUT2D eigenvalue weighted by Crippen LogP contribution is 2.26. The van der Waals surface area contributed by atoms with Gasteiger partial charge in [0.1, 0.15) is 5.82 Å². The number of aliphatic hydroxyl groups excluding tert-OH is 1. The molecule has 0 fully saturated rings. The maximum Gasteiger partial charge on any atom is 0.106 e. The number of rotatable bonds is 3. The standard InChI is InChI=1S/C12H16N2OS/c1-8(7-15)16-10-4-5-12-11(6-10)13-9(2)14(12)3/h4-6,8,15H,7H2,1-3H3. The molecule has 2 aromatic rings. The second-order valence-corrected chi connectivity index (χ2v) is 5.49. The quantitative estimate of drug-likeness (QED) is 0.831. The number of hydrogen-bond donors (Lipinski definition) is 1. The molecular formula is C12H16N2OS. The molecule has 1 atom stereocenters. The third-order valence-corrected chi connectivity index (χ3v) is 3.75. The first kappa shape index (κ1) is 11.5. The minimum Gasteiger partial charge on any atom is -0.395 e. The van der Waals surface area contributed by atoms with Crippen LogP contribution in [0.4, 0.5) is 0 Å². The smallest absolute Gasteiger partial charge is 0.106 e. The molecule has 1 heterocycles. The van der Waals surface area contributed by atoms with Crippen LogP contribution in [0.1, 0.15) is 12.7 Å². The summed E-state index contributed by atoms with van der Waals surface area (Å²) < 4.78 is 2.08. The summed E-state index contributed by atoms with van der Waals surface area (Å²) >= 11 is 1.67. The van der Waals surface area contributed by atoms with E-state index in [1.54, 1.807) is 11.8 Å². The van der Waals surface area contributed by atoms with Gasteiger partial charge in [0.15, 0.2) is 0 Å². The van der Waals surface area contributed by atoms with Gasteiger partial charge in [-0.3, -0.25) is 0 Å². The molecule has 0 saturated heterocycles. The molecule has 1 N–H and O–H groups in total. The molecule has 0 aliphatic rings. The lowest BCUT2D eigenvalue weighted by atomic mass is 10.3. The maximum atomic E-state index is 9.02. The average molecular weight is 236 g/mol. The summed E-state index contributed by atoms with van der Waals surface area (Å²) in [6.07, 6.45) is 0. The highest BCUT2D eigenvalue weighted by Gasteiger charge is 2.07. The number of thioether (sulfide) groups is 1. The van der Waals surface area contributed by atoms with Crippen molar-refractivity contribution in [2.75, 3.05) is 6.61 Å². The van der Waals surface area contributed by atoms with Gasteiger partial charge in [0.05, 0.1) is 17.6 Å². The summed E-state index contributed by atoms with van der Waals surface area (Å²) in [4.78, 5) is 5.65. The van der Waals surface area contributed by atoms with Crippen LogP contribution in [0.5, 0.6) is 0 Å². The molecule has 0 spiro atoms. The van der Waals surface area contributed by atoms with Gasteiger partial charge < -0.3 is 9.67 Å². The summed E-state index contributed by atoms with van der Waals surface area (Å²) in [6, 6.07) is 6.25. The van der Waals surface area contributed by atoms with Crippen LogP contribution in [0.15, 0.2) is 23.1 Å². The topological polar surface area (TPSA) is 38.1 Å². The number of aliphatic hydroxyl groups is 1. The molecule has 2 rings (SSSR count). The second kappa shape index (κ2) is 4.47. The molecule has 0 saturated carbocycles. The average Bonchev–Trinajstić information content (AvgIpc) is 2.54. The maximum absolute atomic E-state index is 9.02. The Labute approximate surface area is 99.5 Å². The SMILES string of the molecule is Cc1nc2cc(SC(C)CO)ccc2n1C. The number of benzene rings is 1. The first-order chi connectivity index (χ1) is 7.61. The van der Waals surface area contributed by atoms with Crippen molar-refractivity contribution in [3.05, 3.63) is 24.0 Å². The van der Waals surface area contributed by atoms with Crippen LogP contribution < -0.4 is 0 Å². The van der Waals surface area contributed by atoms with Gasteiger partial charge in [-0.05, 0) is 25.1 Å². The van der Waals surface area contributed by atoms with E-state index in [0.29, 0.717) is 0 Å². The van der Waals surface area contributed by atoms with E-state index in [0.717, 1.165) is 21.8 Å². The van der Waals surface area contributed by atoms with Crippen molar-refractivity contribution in [1.29, 1.82) is 0 Å². The third kappa shape index (κ3) is 2.08. The Morgan fingerprint density at radius 2 is 2.25 bits per heavy atom. The van der Waals surface area contributed by atoms with E-state index in [1.165, 1.54) is 0 Å². The Morgan fingerprint density at radius 3 is 2.94 bits per heavy atom. The second-order valence-electron chi connectivity index (χ2n) is 3.98. The highest BCUT2D eigenvalue weighted by molar-refractivity contribution is 8.00. The molecule has 86 valence electrons. The number of imidazole rings is 1. The van der Waals surface area contributed by atoms with Crippen LogP contribution in [0.25, 0.3) is 11.0 Å². The van der Waals surface area contributed by atoms with E-state index < -0.39 is 0 Å². The summed E-state index contributed by atoms with van der Waals surface area (Å²) in [5.74, 6) is 1.02. The summed E-state index contributed by atoms with van der Waals surface area (Å²) in [5.41, 5.74) is 2.17. The summed E-state index contributed by atoms with van der Waals surface area (Å²) in [6.45, 7) is 4.21. The summed E-state index contributed by atoms with van der Waals surface area (Å²) in [5, 5.41) is 9.24. The van der Waals surface area contributed by atoms with Crippen LogP contribution in [0.2, 0.25) is 0 Å². The van der Waals surface area contributed by atoms with E-state index in [1.807, 2.05) is 20.9 Å². The molecular weight excluding hydrogens is 220 g/mol. The molecule has 4 heteroatoms. The van der Waals surface area contributed by atoms with Crippen LogP contribution >= 0.6 is 11.8 Å². The first-order valence-corrected chi connectivity index (χ1v) is 6.20. The van der Waals surface area contributed by atoms with Gasteiger partial charge in [-0.25, -0.2) is 4.98 Å². The number of nitrogens with zero attached hydrogens (tertiary/aromatic N) is 2. The van der Waals surface area contributed by atoms with E-state index in [2.05, 4.69) is 27.8 Å². The van der Waals surface area contributed by atoms with Crippen molar-refractivity contribution in [3.8, 4) is 0 Å². The fourth-order valence-electron chi connectivity index (χ4n) is 1.64. The lowest BCUT2D eigenvalue weighted by Crippen LogP contribution is -2.01. The van der Waals surface area contributed by atoms with Gasteiger partial charge in [-0.2, -0.15) is 0 Å². The Bertz CT molecular complexity index is 507. The Morgan fingerprint density at radius 1 is 1.50 bits per heavy atom. The number of aromatic nitrogens is 2. The normalized spacial score (nSPS) is 13.2. The first-order valence-electron chi connectivity index (χ1n) is 5.32. The fourth-order valence-corrected chi connectivity index (χ4v) is 2.51. The molecule has 1 aromatic heterocycles. The molecule has 0 aliphatic heterocycles. The Kier molecular flexibility index (Phi) is 3.21. The van der Waals surface area contributed by atoms with Gasteiger partial charge in [0.2, 0.25) is 0 Å². The minimum atomic E-state index is 0.198. The molecule has 16 heavy (non-hydrogen) atoms. The van der Waals surface area contributed by atoms with Crippen molar-refractivity contribution in [2.45, 2.75) is 24.0 Å². The summed E-state index contributed by atoms with van der Waals surface area (Å²) in [7, 11) is 2.02. The zero-order valence-corrected chi connectivity index (χ0v) is 10.6. The molecule has 1 aromatic carbocycles. The molecule has 0 radical (unpaired) electrons. The lowest BCUT2D eigenvalue weighted by molar-refractivity contribution is 0.300. The predicted octanol–water partition coefficient (Wildman–Crippen LogP) is 2.35. The van der Waals surface area contributed by atoms with Gasteiger partial charge in [0.25, 0.3) is 0 Å². The molecule has 0 amide bonds. The van der Waals surface area contributed by atoms with Crippen molar-refractivity contribution in [2.24, 2.45) is 7.05 Å². The van der Waals surface area contributed by atoms with Crippen LogP contribution in [0.3, 0.4) is 0 Å². The third-order valence-electron chi connectivity index (χ3n) is 2.67. The number of fused-ring (bicyclic) bond motifs is 1. The largest absolute Gasteiger partial charge is 0.395 e. The van der Waals surface area contributed by atoms with Crippen molar-refractivity contribution >= 4 is 22.8 Å². The molecule has 1 unspecified atom stereocenters. The van der Waals surface area contributed by atoms with E-state index in [-0.39, 0.29) is 11.9 Å². The van der Waals surface area contributed by atoms with E-state index >= 15 is 0 Å². The van der Waals surface area contributed by atoms with Gasteiger partial charge >= 0.3 is 0 Å². The van der Waals surface area contributed by atoms with Crippen LogP contribution in [-0.2, 0) is 7.05 Å². The molecule has 0 bridgehead atoms. The Hall–Kier alpha value is -1.00. The number of hydrogen-bond acceptors (Lipinski definition) is 3. The van der Waals surface area contributed by atoms with Gasteiger partial charge in [0, 0.05) is 17.2 Å². The predicted molar refractivity (Wildman–Crippen MR) is 67.9 cm³/mol. The van der Waals surface area contributed by atoms with E-state index in [4.69, 9.17) is 5.11 Å². The fraction of sp³-hybridized carbons (Fsp3) is 0.417. The lowest BCUT2D eigenvalue weighted by Gasteiger charge is -2.07. The van der Waals surface area contributed by atoms with Crippen LogP contribution in [0, 0.1) is 6.92 Å².